The second kappa shape index (κ2) is 6.57. The van der Waals surface area contributed by atoms with Crippen LogP contribution in [0.3, 0.4) is 0 Å². The Morgan fingerprint density at radius 3 is 2.46 bits per heavy atom. The number of imide groups is 1. The van der Waals surface area contributed by atoms with E-state index in [0.29, 0.717) is 21.8 Å². The molecular weight excluding hydrogens is 324 g/mol. The quantitative estimate of drug-likeness (QED) is 0.624. The molecule has 4 nitrogen and oxygen atoms in total. The molecule has 1 atom stereocenters. The normalized spacial score (nSPS) is 17.7. The zero-order chi connectivity index (χ0) is 17.3. The molecular formula is C19H17ClN2O2. The lowest BCUT2D eigenvalue weighted by Crippen LogP contribution is -2.45. The van der Waals surface area contributed by atoms with Gasteiger partial charge in [0, 0.05) is 17.8 Å². The molecule has 0 N–H and O–H groups in total. The van der Waals surface area contributed by atoms with Crippen molar-refractivity contribution in [2.24, 2.45) is 4.99 Å². The molecule has 0 saturated heterocycles. The fourth-order valence-corrected chi connectivity index (χ4v) is 2.94. The van der Waals surface area contributed by atoms with Crippen molar-refractivity contribution in [2.45, 2.75) is 25.8 Å². The Hall–Kier alpha value is -2.46. The van der Waals surface area contributed by atoms with Crippen LogP contribution in [0.2, 0.25) is 5.02 Å². The summed E-state index contributed by atoms with van der Waals surface area (Å²) in [5, 5.41) is 0.359. The van der Waals surface area contributed by atoms with Gasteiger partial charge in [-0.05, 0) is 37.6 Å². The molecule has 0 spiro atoms. The Kier molecular flexibility index (Phi) is 4.49. The maximum Gasteiger partial charge on any atom is 0.265 e. The summed E-state index contributed by atoms with van der Waals surface area (Å²) in [6.45, 7) is 3.87. The fourth-order valence-electron chi connectivity index (χ4n) is 2.72. The molecule has 122 valence electrons. The zero-order valence-electron chi connectivity index (χ0n) is 13.4. The summed E-state index contributed by atoms with van der Waals surface area (Å²) in [4.78, 5) is 31.4. The number of anilines is 1. The van der Waals surface area contributed by atoms with Gasteiger partial charge in [0.05, 0.1) is 16.6 Å². The summed E-state index contributed by atoms with van der Waals surface area (Å²) in [7, 11) is 0. The van der Waals surface area contributed by atoms with Crippen LogP contribution in [0.1, 0.15) is 35.7 Å². The summed E-state index contributed by atoms with van der Waals surface area (Å²) >= 11 is 6.21. The molecule has 24 heavy (non-hydrogen) atoms. The minimum atomic E-state index is -0.599. The number of fused-ring (bicyclic) bond motifs is 1. The molecule has 0 fully saturated rings. The minimum absolute atomic E-state index is 0.0661. The topological polar surface area (TPSA) is 49.7 Å². The molecule has 1 heterocycles. The molecule has 5 heteroatoms. The number of hydrogen-bond acceptors (Lipinski definition) is 3. The SMILES string of the molecule is CC(C)N=CC1C(=O)N(c2ccccc2Cl)C(=O)c2ccccc21. The van der Waals surface area contributed by atoms with E-state index in [9.17, 15) is 9.59 Å². The van der Waals surface area contributed by atoms with Gasteiger partial charge < -0.3 is 0 Å². The van der Waals surface area contributed by atoms with Crippen molar-refractivity contribution in [3.05, 3.63) is 64.7 Å². The molecule has 1 aliphatic rings. The maximum absolute atomic E-state index is 13.0. The Morgan fingerprint density at radius 1 is 1.08 bits per heavy atom. The lowest BCUT2D eigenvalue weighted by atomic mass is 9.89. The van der Waals surface area contributed by atoms with Gasteiger partial charge in [-0.2, -0.15) is 0 Å². The van der Waals surface area contributed by atoms with Gasteiger partial charge in [0.25, 0.3) is 5.91 Å². The van der Waals surface area contributed by atoms with E-state index in [0.717, 1.165) is 4.90 Å². The molecule has 1 unspecified atom stereocenters. The fraction of sp³-hybridized carbons (Fsp3) is 0.211. The zero-order valence-corrected chi connectivity index (χ0v) is 14.2. The van der Waals surface area contributed by atoms with Crippen LogP contribution in [0.15, 0.2) is 53.5 Å². The van der Waals surface area contributed by atoms with Crippen molar-refractivity contribution in [1.82, 2.24) is 0 Å². The van der Waals surface area contributed by atoms with E-state index in [1.165, 1.54) is 0 Å². The second-order valence-electron chi connectivity index (χ2n) is 5.89. The van der Waals surface area contributed by atoms with Crippen LogP contribution in [0.4, 0.5) is 5.69 Å². The van der Waals surface area contributed by atoms with Crippen LogP contribution in [-0.4, -0.2) is 24.1 Å². The largest absolute Gasteiger partial charge is 0.294 e. The summed E-state index contributed by atoms with van der Waals surface area (Å²) < 4.78 is 0. The number of halogens is 1. The Bertz CT molecular complexity index is 830. The van der Waals surface area contributed by atoms with Crippen molar-refractivity contribution >= 4 is 35.3 Å². The van der Waals surface area contributed by atoms with Gasteiger partial charge in [0.15, 0.2) is 0 Å². The highest BCUT2D eigenvalue weighted by Crippen LogP contribution is 2.35. The highest BCUT2D eigenvalue weighted by molar-refractivity contribution is 6.37. The van der Waals surface area contributed by atoms with Crippen molar-refractivity contribution in [3.8, 4) is 0 Å². The Morgan fingerprint density at radius 2 is 1.75 bits per heavy atom. The van der Waals surface area contributed by atoms with Crippen molar-refractivity contribution < 1.29 is 9.59 Å². The summed E-state index contributed by atoms with van der Waals surface area (Å²) in [6.07, 6.45) is 1.63. The smallest absolute Gasteiger partial charge is 0.265 e. The molecule has 2 amide bonds. The minimum Gasteiger partial charge on any atom is -0.294 e. The van der Waals surface area contributed by atoms with Crippen LogP contribution >= 0.6 is 11.6 Å². The highest BCUT2D eigenvalue weighted by Gasteiger charge is 2.39. The summed E-state index contributed by atoms with van der Waals surface area (Å²) in [5.74, 6) is -1.30. The van der Waals surface area contributed by atoms with Crippen molar-refractivity contribution in [3.63, 3.8) is 0 Å². The summed E-state index contributed by atoms with van der Waals surface area (Å²) in [5.41, 5.74) is 1.57. The predicted molar refractivity (Wildman–Crippen MR) is 96.1 cm³/mol. The molecule has 3 rings (SSSR count). The van der Waals surface area contributed by atoms with Gasteiger partial charge in [-0.15, -0.1) is 0 Å². The van der Waals surface area contributed by atoms with Crippen LogP contribution in [0.25, 0.3) is 0 Å². The average molecular weight is 341 g/mol. The number of rotatable bonds is 3. The lowest BCUT2D eigenvalue weighted by molar-refractivity contribution is -0.118. The predicted octanol–water partition coefficient (Wildman–Crippen LogP) is 4.09. The van der Waals surface area contributed by atoms with Gasteiger partial charge >= 0.3 is 0 Å². The number of carbonyl (C=O) groups is 2. The van der Waals surface area contributed by atoms with Gasteiger partial charge in [-0.3, -0.25) is 14.6 Å². The number of para-hydroxylation sites is 1. The number of aliphatic imine (C=N–C) groups is 1. The van der Waals surface area contributed by atoms with E-state index >= 15 is 0 Å². The van der Waals surface area contributed by atoms with Crippen molar-refractivity contribution in [2.75, 3.05) is 4.90 Å². The summed E-state index contributed by atoms with van der Waals surface area (Å²) in [6, 6.07) is 14.0. The van der Waals surface area contributed by atoms with E-state index < -0.39 is 5.92 Å². The monoisotopic (exact) mass is 340 g/mol. The number of carbonyl (C=O) groups excluding carboxylic acids is 2. The van der Waals surface area contributed by atoms with Gasteiger partial charge in [0.2, 0.25) is 5.91 Å². The number of amides is 2. The molecule has 2 aromatic rings. The molecule has 2 aromatic carbocycles. The van der Waals surface area contributed by atoms with Gasteiger partial charge in [-0.25, -0.2) is 4.90 Å². The van der Waals surface area contributed by atoms with Crippen molar-refractivity contribution in [1.29, 1.82) is 0 Å². The lowest BCUT2D eigenvalue weighted by Gasteiger charge is -2.31. The first-order valence-corrected chi connectivity index (χ1v) is 8.13. The molecule has 0 saturated carbocycles. The van der Waals surface area contributed by atoms with Crippen LogP contribution in [-0.2, 0) is 4.79 Å². The first kappa shape index (κ1) is 16.4. The average Bonchev–Trinajstić information content (AvgIpc) is 2.56. The van der Waals surface area contributed by atoms with E-state index in [2.05, 4.69) is 4.99 Å². The first-order valence-electron chi connectivity index (χ1n) is 7.75. The van der Waals surface area contributed by atoms with Crippen LogP contribution < -0.4 is 4.90 Å². The third-order valence-corrected chi connectivity index (χ3v) is 4.16. The number of benzene rings is 2. The molecule has 0 aliphatic carbocycles. The number of hydrogen-bond donors (Lipinski definition) is 0. The van der Waals surface area contributed by atoms with Gasteiger partial charge in [-0.1, -0.05) is 41.9 Å². The first-order chi connectivity index (χ1) is 11.5. The van der Waals surface area contributed by atoms with E-state index in [-0.39, 0.29) is 17.9 Å². The van der Waals surface area contributed by atoms with E-state index in [1.54, 1.807) is 48.7 Å². The Labute approximate surface area is 145 Å². The third kappa shape index (κ3) is 2.85. The third-order valence-electron chi connectivity index (χ3n) is 3.84. The highest BCUT2D eigenvalue weighted by atomic mass is 35.5. The van der Waals surface area contributed by atoms with Crippen LogP contribution in [0.5, 0.6) is 0 Å². The van der Waals surface area contributed by atoms with E-state index in [4.69, 9.17) is 11.6 Å². The van der Waals surface area contributed by atoms with E-state index in [1.807, 2.05) is 19.9 Å². The standard InChI is InChI=1S/C19H17ClN2O2/c1-12(2)21-11-15-13-7-3-4-8-14(13)18(23)22(19(15)24)17-10-6-5-9-16(17)20/h3-12,15H,1-2H3. The Balaban J connectivity index is 2.15. The van der Waals surface area contributed by atoms with Crippen LogP contribution in [0, 0.1) is 0 Å². The molecule has 0 radical (unpaired) electrons. The maximum atomic E-state index is 13.0. The second-order valence-corrected chi connectivity index (χ2v) is 6.29. The molecule has 1 aliphatic heterocycles. The number of nitrogens with zero attached hydrogens (tertiary/aromatic N) is 2. The molecule has 0 aromatic heterocycles. The molecule has 0 bridgehead atoms. The van der Waals surface area contributed by atoms with Gasteiger partial charge in [0.1, 0.15) is 0 Å².